The van der Waals surface area contributed by atoms with Crippen LogP contribution >= 0.6 is 0 Å². The zero-order valence-corrected chi connectivity index (χ0v) is 4.44. The van der Waals surface area contributed by atoms with Crippen LogP contribution in [-0.4, -0.2) is 0 Å². The average molecular weight is 92.1 g/mol. The zero-order chi connectivity index (χ0) is 5.70. The second-order valence-corrected chi connectivity index (χ2v) is 1.09. The number of rotatable bonds is 1. The topological polar surface area (TPSA) is 0 Å². The average Bonchev–Trinajstić information content (AvgIpc) is 1.72. The van der Waals surface area contributed by atoms with E-state index in [1.807, 2.05) is 13.0 Å². The number of allylic oxidation sites excluding steroid dienone is 3. The molecule has 0 aromatic heterocycles. The maximum absolute atomic E-state index is 5.00. The predicted octanol–water partition coefficient (Wildman–Crippen LogP) is 1.75. The van der Waals surface area contributed by atoms with Gasteiger partial charge in [0.15, 0.2) is 0 Å². The normalized spacial score (nSPS) is 10.0. The molecular weight excluding hydrogens is 84.1 g/mol. The van der Waals surface area contributed by atoms with Crippen LogP contribution < -0.4 is 0 Å². The van der Waals surface area contributed by atoms with Gasteiger partial charge in [0.25, 0.3) is 0 Å². The molecule has 0 N–H and O–H groups in total. The fraction of sp³-hybridized carbons (Fsp3) is 0.143. The van der Waals surface area contributed by atoms with E-state index in [1.54, 1.807) is 6.08 Å². The zero-order valence-electron chi connectivity index (χ0n) is 4.44. The first-order chi connectivity index (χ1) is 3.35. The van der Waals surface area contributed by atoms with E-state index in [0.717, 1.165) is 5.57 Å². The molecule has 0 atom stereocenters. The lowest BCUT2D eigenvalue weighted by Crippen LogP contribution is -1.62. The quantitative estimate of drug-likeness (QED) is 0.341. The number of hydrogen-bond donors (Lipinski definition) is 0. The number of terminal acetylenes is 1. The molecule has 36 valence electrons. The summed E-state index contributed by atoms with van der Waals surface area (Å²) >= 11 is 0. The molecule has 0 aromatic rings. The molecule has 0 saturated carbocycles. The summed E-state index contributed by atoms with van der Waals surface area (Å²) in [6, 6.07) is 0. The van der Waals surface area contributed by atoms with Gasteiger partial charge in [-0.25, -0.2) is 0 Å². The van der Waals surface area contributed by atoms with E-state index in [2.05, 4.69) is 12.5 Å². The van der Waals surface area contributed by atoms with Crippen molar-refractivity contribution in [3.63, 3.8) is 0 Å². The van der Waals surface area contributed by atoms with E-state index in [1.165, 1.54) is 0 Å². The predicted molar refractivity (Wildman–Crippen MR) is 32.8 cm³/mol. The Balaban J connectivity index is 3.94. The van der Waals surface area contributed by atoms with Gasteiger partial charge in [0, 0.05) is 5.57 Å². The molecule has 0 aliphatic rings. The highest BCUT2D eigenvalue weighted by molar-refractivity contribution is 5.33. The van der Waals surface area contributed by atoms with Crippen molar-refractivity contribution in [2.24, 2.45) is 0 Å². The van der Waals surface area contributed by atoms with Crippen LogP contribution in [0.4, 0.5) is 0 Å². The Morgan fingerprint density at radius 1 is 1.86 bits per heavy atom. The third-order valence-corrected chi connectivity index (χ3v) is 0.698. The van der Waals surface area contributed by atoms with Crippen LogP contribution in [0.15, 0.2) is 24.3 Å². The van der Waals surface area contributed by atoms with Gasteiger partial charge >= 0.3 is 0 Å². The van der Waals surface area contributed by atoms with E-state index in [9.17, 15) is 0 Å². The van der Waals surface area contributed by atoms with Gasteiger partial charge in [-0.1, -0.05) is 24.7 Å². The molecule has 7 heavy (non-hydrogen) atoms. The molecule has 0 saturated heterocycles. The van der Waals surface area contributed by atoms with E-state index >= 15 is 0 Å². The highest BCUT2D eigenvalue weighted by Crippen LogP contribution is 1.88. The lowest BCUT2D eigenvalue weighted by atomic mass is 10.3. The molecule has 0 amide bonds. The Morgan fingerprint density at radius 2 is 2.43 bits per heavy atom. The summed E-state index contributed by atoms with van der Waals surface area (Å²) in [5, 5.41) is 0. The monoisotopic (exact) mass is 92.1 g/mol. The van der Waals surface area contributed by atoms with Crippen molar-refractivity contribution in [2.45, 2.75) is 6.92 Å². The van der Waals surface area contributed by atoms with E-state index in [-0.39, 0.29) is 0 Å². The van der Waals surface area contributed by atoms with E-state index in [4.69, 9.17) is 6.42 Å². The summed E-state index contributed by atoms with van der Waals surface area (Å²) < 4.78 is 0. The Labute approximate surface area is 44.5 Å². The smallest absolute Gasteiger partial charge is 0.0194 e. The minimum absolute atomic E-state index is 0.847. The summed E-state index contributed by atoms with van der Waals surface area (Å²) in [6.45, 7) is 5.38. The van der Waals surface area contributed by atoms with Gasteiger partial charge in [-0.15, -0.1) is 6.42 Å². The maximum Gasteiger partial charge on any atom is 0.0194 e. The van der Waals surface area contributed by atoms with Gasteiger partial charge in [0.1, 0.15) is 0 Å². The third-order valence-electron chi connectivity index (χ3n) is 0.698. The molecule has 0 aromatic carbocycles. The first kappa shape index (κ1) is 6.04. The largest absolute Gasteiger partial charge is 0.115 e. The molecule has 0 bridgehead atoms. The summed E-state index contributed by atoms with van der Waals surface area (Å²) in [7, 11) is 0. The Bertz CT molecular complexity index is 121. The standard InChI is InChI=1S/C7H8/c1-4-7(5-2)6-3/h1,5-6H,2H2,3H3/b7-6-. The molecule has 0 fully saturated rings. The van der Waals surface area contributed by atoms with Crippen molar-refractivity contribution < 1.29 is 0 Å². The number of hydrogen-bond acceptors (Lipinski definition) is 0. The summed E-state index contributed by atoms with van der Waals surface area (Å²) in [6.07, 6.45) is 8.50. The van der Waals surface area contributed by atoms with Crippen LogP contribution in [0, 0.1) is 12.3 Å². The molecule has 0 radical (unpaired) electrons. The van der Waals surface area contributed by atoms with Crippen molar-refractivity contribution in [1.82, 2.24) is 0 Å². The van der Waals surface area contributed by atoms with Crippen molar-refractivity contribution in [3.8, 4) is 12.3 Å². The Hall–Kier alpha value is -0.960. The molecule has 0 rings (SSSR count). The van der Waals surface area contributed by atoms with Crippen molar-refractivity contribution >= 4 is 0 Å². The minimum Gasteiger partial charge on any atom is -0.115 e. The molecule has 0 unspecified atom stereocenters. The molecule has 0 heteroatoms. The lowest BCUT2D eigenvalue weighted by Gasteiger charge is -1.78. The molecular formula is C7H8. The molecule has 0 nitrogen and oxygen atoms in total. The van der Waals surface area contributed by atoms with Gasteiger partial charge < -0.3 is 0 Å². The van der Waals surface area contributed by atoms with Crippen LogP contribution in [-0.2, 0) is 0 Å². The molecule has 0 spiro atoms. The van der Waals surface area contributed by atoms with Crippen LogP contribution in [0.3, 0.4) is 0 Å². The first-order valence-corrected chi connectivity index (χ1v) is 2.10. The van der Waals surface area contributed by atoms with Crippen LogP contribution in [0.2, 0.25) is 0 Å². The molecule has 0 aliphatic heterocycles. The molecule has 0 aliphatic carbocycles. The Morgan fingerprint density at radius 3 is 2.43 bits per heavy atom. The van der Waals surface area contributed by atoms with Gasteiger partial charge in [0.2, 0.25) is 0 Å². The van der Waals surface area contributed by atoms with Crippen molar-refractivity contribution in [2.75, 3.05) is 0 Å². The SMILES string of the molecule is C#C/C(C=C)=C/C. The highest BCUT2D eigenvalue weighted by Gasteiger charge is 1.72. The lowest BCUT2D eigenvalue weighted by molar-refractivity contribution is 1.66. The molecule has 0 heterocycles. The van der Waals surface area contributed by atoms with Gasteiger partial charge in [-0.3, -0.25) is 0 Å². The fourth-order valence-electron chi connectivity index (χ4n) is 0.260. The van der Waals surface area contributed by atoms with Gasteiger partial charge in [-0.05, 0) is 6.92 Å². The second kappa shape index (κ2) is 3.24. The van der Waals surface area contributed by atoms with E-state index < -0.39 is 0 Å². The van der Waals surface area contributed by atoms with E-state index in [0.29, 0.717) is 0 Å². The van der Waals surface area contributed by atoms with Crippen LogP contribution in [0.1, 0.15) is 6.92 Å². The Kier molecular flexibility index (Phi) is 2.79. The van der Waals surface area contributed by atoms with Crippen LogP contribution in [0.25, 0.3) is 0 Å². The summed E-state index contributed by atoms with van der Waals surface area (Å²) in [5.74, 6) is 2.44. The fourth-order valence-corrected chi connectivity index (χ4v) is 0.260. The summed E-state index contributed by atoms with van der Waals surface area (Å²) in [4.78, 5) is 0. The van der Waals surface area contributed by atoms with Crippen molar-refractivity contribution in [1.29, 1.82) is 0 Å². The van der Waals surface area contributed by atoms with Crippen LogP contribution in [0.5, 0.6) is 0 Å². The maximum atomic E-state index is 5.00. The third kappa shape index (κ3) is 1.83. The van der Waals surface area contributed by atoms with Crippen molar-refractivity contribution in [3.05, 3.63) is 24.3 Å². The summed E-state index contributed by atoms with van der Waals surface area (Å²) in [5.41, 5.74) is 0.847. The van der Waals surface area contributed by atoms with Gasteiger partial charge in [0.05, 0.1) is 0 Å². The van der Waals surface area contributed by atoms with Gasteiger partial charge in [-0.2, -0.15) is 0 Å². The first-order valence-electron chi connectivity index (χ1n) is 2.10. The minimum atomic E-state index is 0.847. The second-order valence-electron chi connectivity index (χ2n) is 1.09. The highest BCUT2D eigenvalue weighted by atomic mass is 13.8.